The highest BCUT2D eigenvalue weighted by Gasteiger charge is 2.35. The summed E-state index contributed by atoms with van der Waals surface area (Å²) in [5, 5.41) is 0. The highest BCUT2D eigenvalue weighted by atomic mass is 32.2. The highest BCUT2D eigenvalue weighted by Crippen LogP contribution is 2.37. The van der Waals surface area contributed by atoms with E-state index in [-0.39, 0.29) is 27.8 Å². The molecule has 2 N–H and O–H groups in total. The molecule has 0 amide bonds. The Bertz CT molecular complexity index is 1290. The van der Waals surface area contributed by atoms with E-state index in [0.717, 1.165) is 18.5 Å². The number of morpholine rings is 1. The maximum atomic E-state index is 13.7. The lowest BCUT2D eigenvalue weighted by atomic mass is 10.1. The number of nitrogen functional groups attached to an aromatic ring is 1. The maximum Gasteiger partial charge on any atom is 0.417 e. The zero-order valence-corrected chi connectivity index (χ0v) is 18.3. The Kier molecular flexibility index (Phi) is 5.97. The molecule has 3 heterocycles. The van der Waals surface area contributed by atoms with E-state index >= 15 is 0 Å². The summed E-state index contributed by atoms with van der Waals surface area (Å²) in [6.07, 6.45) is -2.64. The van der Waals surface area contributed by atoms with E-state index in [4.69, 9.17) is 10.5 Å². The van der Waals surface area contributed by atoms with Crippen molar-refractivity contribution in [2.45, 2.75) is 11.1 Å². The monoisotopic (exact) mass is 479 g/mol. The zero-order valence-electron chi connectivity index (χ0n) is 17.5. The van der Waals surface area contributed by atoms with Gasteiger partial charge < -0.3 is 15.4 Å². The minimum atomic E-state index is -4.71. The first-order chi connectivity index (χ1) is 15.5. The molecule has 1 saturated heterocycles. The van der Waals surface area contributed by atoms with Crippen molar-refractivity contribution in [3.63, 3.8) is 0 Å². The molecule has 33 heavy (non-hydrogen) atoms. The van der Waals surface area contributed by atoms with Gasteiger partial charge in [0, 0.05) is 42.7 Å². The van der Waals surface area contributed by atoms with E-state index in [1.165, 1.54) is 12.1 Å². The van der Waals surface area contributed by atoms with Gasteiger partial charge in [-0.1, -0.05) is 12.1 Å². The molecule has 0 aliphatic carbocycles. The Labute approximate surface area is 188 Å². The lowest BCUT2D eigenvalue weighted by Crippen LogP contribution is -2.36. The number of rotatable bonds is 4. The zero-order chi connectivity index (χ0) is 23.8. The second-order valence-electron chi connectivity index (χ2n) is 7.49. The van der Waals surface area contributed by atoms with Crippen LogP contribution in [0.3, 0.4) is 0 Å². The molecule has 1 aromatic carbocycles. The summed E-state index contributed by atoms with van der Waals surface area (Å²) in [5.41, 5.74) is 4.86. The van der Waals surface area contributed by atoms with Crippen LogP contribution in [0.2, 0.25) is 0 Å². The van der Waals surface area contributed by atoms with Crippen LogP contribution in [-0.4, -0.2) is 55.9 Å². The van der Waals surface area contributed by atoms with Gasteiger partial charge in [-0.3, -0.25) is 0 Å². The number of pyridine rings is 1. The first-order valence-corrected chi connectivity index (χ1v) is 11.8. The van der Waals surface area contributed by atoms with E-state index in [2.05, 4.69) is 15.0 Å². The van der Waals surface area contributed by atoms with Crippen molar-refractivity contribution in [1.82, 2.24) is 15.0 Å². The van der Waals surface area contributed by atoms with Gasteiger partial charge in [-0.15, -0.1) is 0 Å². The number of aromatic nitrogens is 3. The lowest BCUT2D eigenvalue weighted by Gasteiger charge is -2.28. The Hall–Kier alpha value is -3.25. The molecule has 8 nitrogen and oxygen atoms in total. The Morgan fingerprint density at radius 1 is 1.09 bits per heavy atom. The van der Waals surface area contributed by atoms with Crippen LogP contribution in [-0.2, 0) is 20.8 Å². The van der Waals surface area contributed by atoms with Gasteiger partial charge in [0.05, 0.1) is 29.4 Å². The molecular formula is C21H20F3N5O3S. The number of ether oxygens (including phenoxy) is 1. The molecule has 0 unspecified atom stereocenters. The van der Waals surface area contributed by atoms with Gasteiger partial charge in [-0.25, -0.2) is 23.4 Å². The fourth-order valence-electron chi connectivity index (χ4n) is 3.43. The number of nitrogens with zero attached hydrogens (tertiary/aromatic N) is 4. The Morgan fingerprint density at radius 2 is 1.82 bits per heavy atom. The highest BCUT2D eigenvalue weighted by molar-refractivity contribution is 7.90. The third-order valence-corrected chi connectivity index (χ3v) is 6.19. The van der Waals surface area contributed by atoms with Crippen LogP contribution in [0.25, 0.3) is 22.6 Å². The second kappa shape index (κ2) is 8.60. The molecule has 4 rings (SSSR count). The van der Waals surface area contributed by atoms with Crippen molar-refractivity contribution in [3.8, 4) is 22.6 Å². The van der Waals surface area contributed by atoms with Crippen molar-refractivity contribution in [3.05, 3.63) is 48.2 Å². The molecule has 1 aliphatic rings. The van der Waals surface area contributed by atoms with E-state index in [1.54, 1.807) is 18.2 Å². The number of hydrogen-bond acceptors (Lipinski definition) is 8. The molecule has 0 bridgehead atoms. The van der Waals surface area contributed by atoms with Gasteiger partial charge in [-0.05, 0) is 18.2 Å². The summed E-state index contributed by atoms with van der Waals surface area (Å²) < 4.78 is 70.6. The van der Waals surface area contributed by atoms with Crippen molar-refractivity contribution in [2.75, 3.05) is 43.2 Å². The van der Waals surface area contributed by atoms with Gasteiger partial charge in [-0.2, -0.15) is 13.2 Å². The van der Waals surface area contributed by atoms with E-state index < -0.39 is 21.6 Å². The minimum absolute atomic E-state index is 0.0678. The number of benzene rings is 1. The fraction of sp³-hybridized carbons (Fsp3) is 0.286. The summed E-state index contributed by atoms with van der Waals surface area (Å²) >= 11 is 0. The Balaban J connectivity index is 1.93. The Morgan fingerprint density at radius 3 is 2.48 bits per heavy atom. The van der Waals surface area contributed by atoms with Crippen molar-refractivity contribution < 1.29 is 26.3 Å². The first kappa shape index (κ1) is 22.9. The quantitative estimate of drug-likeness (QED) is 0.608. The number of halogens is 3. The summed E-state index contributed by atoms with van der Waals surface area (Å²) in [6.45, 7) is 1.86. The van der Waals surface area contributed by atoms with Crippen LogP contribution in [0, 0.1) is 0 Å². The molecule has 2 aromatic heterocycles. The van der Waals surface area contributed by atoms with Crippen molar-refractivity contribution >= 4 is 21.5 Å². The molecular weight excluding hydrogens is 459 g/mol. The van der Waals surface area contributed by atoms with Crippen LogP contribution in [0.5, 0.6) is 0 Å². The average molecular weight is 479 g/mol. The smallest absolute Gasteiger partial charge is 0.384 e. The molecule has 3 aromatic rings. The van der Waals surface area contributed by atoms with Crippen LogP contribution in [0.4, 0.5) is 24.8 Å². The SMILES string of the molecule is CS(=O)(=O)c1cccc(-c2cc(N3CCOCC3)nc(-c3cnc(N)cc3C(F)(F)F)n2)c1. The molecule has 1 fully saturated rings. The van der Waals surface area contributed by atoms with Crippen LogP contribution in [0.1, 0.15) is 5.56 Å². The van der Waals surface area contributed by atoms with Crippen LogP contribution >= 0.6 is 0 Å². The van der Waals surface area contributed by atoms with Gasteiger partial charge in [0.1, 0.15) is 11.6 Å². The number of hydrogen-bond donors (Lipinski definition) is 1. The van der Waals surface area contributed by atoms with E-state index in [9.17, 15) is 21.6 Å². The maximum absolute atomic E-state index is 13.7. The predicted molar refractivity (Wildman–Crippen MR) is 116 cm³/mol. The summed E-state index contributed by atoms with van der Waals surface area (Å²) in [5.74, 6) is -0.0805. The topological polar surface area (TPSA) is 111 Å². The second-order valence-corrected chi connectivity index (χ2v) is 9.50. The third kappa shape index (κ3) is 5.06. The largest absolute Gasteiger partial charge is 0.417 e. The normalized spacial score (nSPS) is 15.0. The molecule has 0 saturated carbocycles. The first-order valence-electron chi connectivity index (χ1n) is 9.88. The lowest BCUT2D eigenvalue weighted by molar-refractivity contribution is -0.137. The standard InChI is InChI=1S/C21H20F3N5O3S/c1-33(30,31)14-4-2-3-13(9-14)17-11-19(29-5-7-32-8-6-29)28-20(27-17)15-12-26-18(25)10-16(15)21(22,23)24/h2-4,9-12H,5-8H2,1H3,(H2,25,26). The third-order valence-electron chi connectivity index (χ3n) is 5.08. The van der Waals surface area contributed by atoms with Crippen LogP contribution in [0.15, 0.2) is 47.5 Å². The van der Waals surface area contributed by atoms with Crippen molar-refractivity contribution in [1.29, 1.82) is 0 Å². The number of anilines is 2. The number of nitrogens with two attached hydrogens (primary N) is 1. The molecule has 0 atom stereocenters. The summed E-state index contributed by atoms with van der Waals surface area (Å²) in [6, 6.07) is 8.41. The fourth-order valence-corrected chi connectivity index (χ4v) is 4.09. The molecule has 0 spiro atoms. The molecule has 0 radical (unpaired) electrons. The molecule has 12 heteroatoms. The van der Waals surface area contributed by atoms with Gasteiger partial charge >= 0.3 is 6.18 Å². The average Bonchev–Trinajstić information content (AvgIpc) is 2.78. The summed E-state index contributed by atoms with van der Waals surface area (Å²) in [7, 11) is -3.50. The number of sulfone groups is 1. The molecule has 1 aliphatic heterocycles. The predicted octanol–water partition coefficient (Wildman–Crippen LogP) is 3.05. The van der Waals surface area contributed by atoms with E-state index in [0.29, 0.717) is 37.7 Å². The molecule has 174 valence electrons. The minimum Gasteiger partial charge on any atom is -0.384 e. The number of alkyl halides is 3. The van der Waals surface area contributed by atoms with Crippen molar-refractivity contribution in [2.24, 2.45) is 0 Å². The van der Waals surface area contributed by atoms with Gasteiger partial charge in [0.25, 0.3) is 0 Å². The van der Waals surface area contributed by atoms with Crippen LogP contribution < -0.4 is 10.6 Å². The van der Waals surface area contributed by atoms with Gasteiger partial charge in [0.15, 0.2) is 15.7 Å². The van der Waals surface area contributed by atoms with E-state index in [1.807, 2.05) is 4.90 Å². The van der Waals surface area contributed by atoms with Gasteiger partial charge in [0.2, 0.25) is 0 Å². The summed E-state index contributed by atoms with van der Waals surface area (Å²) in [4.78, 5) is 14.5.